The van der Waals surface area contributed by atoms with Crippen LogP contribution in [0.25, 0.3) is 0 Å². The van der Waals surface area contributed by atoms with Crippen LogP contribution < -0.4 is 11.0 Å². The Hall–Kier alpha value is -1.75. The van der Waals surface area contributed by atoms with E-state index in [1.807, 2.05) is 32.2 Å². The SMILES string of the molecule is CC(C)NCc1ccc(Cn2ccn(C(C)C)c2=O)o1. The normalized spacial score (nSPS) is 11.7. The van der Waals surface area contributed by atoms with Gasteiger partial charge in [-0.1, -0.05) is 13.8 Å². The molecular formula is C15H23N3O2. The molecule has 0 spiro atoms. The van der Waals surface area contributed by atoms with Gasteiger partial charge in [-0.25, -0.2) is 4.79 Å². The maximum Gasteiger partial charge on any atom is 0.328 e. The molecule has 0 saturated carbocycles. The first-order valence-electron chi connectivity index (χ1n) is 7.05. The second-order valence-electron chi connectivity index (χ2n) is 5.61. The Labute approximate surface area is 119 Å². The highest BCUT2D eigenvalue weighted by molar-refractivity contribution is 5.08. The molecule has 0 saturated heterocycles. The van der Waals surface area contributed by atoms with Gasteiger partial charge in [-0.05, 0) is 26.0 Å². The van der Waals surface area contributed by atoms with Crippen molar-refractivity contribution < 1.29 is 4.42 Å². The van der Waals surface area contributed by atoms with E-state index in [0.29, 0.717) is 19.1 Å². The topological polar surface area (TPSA) is 52.1 Å². The molecule has 0 bridgehead atoms. The van der Waals surface area contributed by atoms with Gasteiger partial charge in [0.05, 0.1) is 13.1 Å². The Morgan fingerprint density at radius 1 is 1.15 bits per heavy atom. The summed E-state index contributed by atoms with van der Waals surface area (Å²) < 4.78 is 9.11. The minimum Gasteiger partial charge on any atom is -0.463 e. The first-order chi connectivity index (χ1) is 9.47. The largest absolute Gasteiger partial charge is 0.463 e. The molecule has 0 atom stereocenters. The Bertz CT molecular complexity index is 605. The van der Waals surface area contributed by atoms with E-state index in [4.69, 9.17) is 4.42 Å². The number of nitrogens with zero attached hydrogens (tertiary/aromatic N) is 2. The van der Waals surface area contributed by atoms with Gasteiger partial charge in [0, 0.05) is 24.5 Å². The van der Waals surface area contributed by atoms with Gasteiger partial charge in [-0.15, -0.1) is 0 Å². The van der Waals surface area contributed by atoms with Crippen molar-refractivity contribution in [3.8, 4) is 0 Å². The van der Waals surface area contributed by atoms with Crippen molar-refractivity contribution >= 4 is 0 Å². The molecule has 2 heterocycles. The van der Waals surface area contributed by atoms with E-state index < -0.39 is 0 Å². The summed E-state index contributed by atoms with van der Waals surface area (Å²) in [7, 11) is 0. The summed E-state index contributed by atoms with van der Waals surface area (Å²) in [5.74, 6) is 1.69. The van der Waals surface area contributed by atoms with Gasteiger partial charge in [-0.3, -0.25) is 9.13 Å². The van der Waals surface area contributed by atoms with Crippen LogP contribution in [-0.2, 0) is 13.1 Å². The van der Waals surface area contributed by atoms with E-state index in [-0.39, 0.29) is 11.7 Å². The molecular weight excluding hydrogens is 254 g/mol. The number of hydrogen-bond donors (Lipinski definition) is 1. The standard InChI is InChI=1S/C15H23N3O2/c1-11(2)16-9-13-5-6-14(20-13)10-17-7-8-18(12(3)4)15(17)19/h5-8,11-12,16H,9-10H2,1-4H3. The van der Waals surface area contributed by atoms with Gasteiger partial charge in [0.1, 0.15) is 11.5 Å². The van der Waals surface area contributed by atoms with Crippen molar-refractivity contribution in [3.05, 3.63) is 46.5 Å². The van der Waals surface area contributed by atoms with Crippen LogP contribution in [0, 0.1) is 0 Å². The number of aromatic nitrogens is 2. The van der Waals surface area contributed by atoms with E-state index in [1.165, 1.54) is 0 Å². The van der Waals surface area contributed by atoms with Crippen molar-refractivity contribution in [3.63, 3.8) is 0 Å². The zero-order chi connectivity index (χ0) is 14.7. The summed E-state index contributed by atoms with van der Waals surface area (Å²) in [6.07, 6.45) is 3.62. The molecule has 20 heavy (non-hydrogen) atoms. The molecule has 5 nitrogen and oxygen atoms in total. The summed E-state index contributed by atoms with van der Waals surface area (Å²) >= 11 is 0. The van der Waals surface area contributed by atoms with Gasteiger partial charge in [0.2, 0.25) is 0 Å². The molecule has 0 amide bonds. The van der Waals surface area contributed by atoms with Crippen LogP contribution in [-0.4, -0.2) is 15.2 Å². The Kier molecular flexibility index (Phi) is 4.49. The second kappa shape index (κ2) is 6.13. The third kappa shape index (κ3) is 3.42. The van der Waals surface area contributed by atoms with Crippen LogP contribution in [0.2, 0.25) is 0 Å². The van der Waals surface area contributed by atoms with E-state index in [2.05, 4.69) is 19.2 Å². The van der Waals surface area contributed by atoms with Crippen LogP contribution >= 0.6 is 0 Å². The summed E-state index contributed by atoms with van der Waals surface area (Å²) in [4.78, 5) is 12.1. The Balaban J connectivity index is 2.05. The van der Waals surface area contributed by atoms with E-state index in [0.717, 1.165) is 11.5 Å². The third-order valence-electron chi connectivity index (χ3n) is 3.16. The molecule has 0 unspecified atom stereocenters. The molecule has 0 aromatic carbocycles. The van der Waals surface area contributed by atoms with Gasteiger partial charge >= 0.3 is 5.69 Å². The molecule has 1 N–H and O–H groups in total. The monoisotopic (exact) mass is 277 g/mol. The molecule has 0 aliphatic carbocycles. The summed E-state index contributed by atoms with van der Waals surface area (Å²) in [6, 6.07) is 4.48. The fraction of sp³-hybridized carbons (Fsp3) is 0.533. The molecule has 0 aliphatic rings. The zero-order valence-corrected chi connectivity index (χ0v) is 12.6. The van der Waals surface area contributed by atoms with Gasteiger partial charge in [0.15, 0.2) is 0 Å². The molecule has 5 heteroatoms. The van der Waals surface area contributed by atoms with Crippen molar-refractivity contribution in [1.82, 2.24) is 14.5 Å². The highest BCUT2D eigenvalue weighted by Crippen LogP contribution is 2.09. The number of furan rings is 1. The van der Waals surface area contributed by atoms with Gasteiger partial charge < -0.3 is 9.73 Å². The highest BCUT2D eigenvalue weighted by atomic mass is 16.3. The molecule has 2 aromatic rings. The van der Waals surface area contributed by atoms with Crippen LogP contribution in [0.4, 0.5) is 0 Å². The maximum absolute atomic E-state index is 12.1. The molecule has 2 rings (SSSR count). The first-order valence-corrected chi connectivity index (χ1v) is 7.05. The molecule has 0 aliphatic heterocycles. The number of nitrogens with one attached hydrogen (secondary N) is 1. The first kappa shape index (κ1) is 14.7. The lowest BCUT2D eigenvalue weighted by Crippen LogP contribution is -2.25. The molecule has 0 fully saturated rings. The number of rotatable bonds is 6. The predicted octanol–water partition coefficient (Wildman–Crippen LogP) is 2.37. The zero-order valence-electron chi connectivity index (χ0n) is 12.6. The van der Waals surface area contributed by atoms with Crippen molar-refractivity contribution in [1.29, 1.82) is 0 Å². The third-order valence-corrected chi connectivity index (χ3v) is 3.16. The van der Waals surface area contributed by atoms with E-state index in [1.54, 1.807) is 15.3 Å². The van der Waals surface area contributed by atoms with Crippen molar-refractivity contribution in [2.75, 3.05) is 0 Å². The average molecular weight is 277 g/mol. The fourth-order valence-electron chi connectivity index (χ4n) is 2.02. The van der Waals surface area contributed by atoms with E-state index in [9.17, 15) is 4.79 Å². The lowest BCUT2D eigenvalue weighted by Gasteiger charge is -2.05. The Morgan fingerprint density at radius 2 is 1.85 bits per heavy atom. The molecule has 110 valence electrons. The van der Waals surface area contributed by atoms with Gasteiger partial charge in [0.25, 0.3) is 0 Å². The van der Waals surface area contributed by atoms with Crippen molar-refractivity contribution in [2.24, 2.45) is 0 Å². The van der Waals surface area contributed by atoms with Crippen LogP contribution in [0.15, 0.2) is 33.7 Å². The average Bonchev–Trinajstić information content (AvgIpc) is 2.95. The second-order valence-corrected chi connectivity index (χ2v) is 5.61. The smallest absolute Gasteiger partial charge is 0.328 e. The molecule has 2 aromatic heterocycles. The fourth-order valence-corrected chi connectivity index (χ4v) is 2.02. The molecule has 0 radical (unpaired) electrons. The van der Waals surface area contributed by atoms with Crippen LogP contribution in [0.1, 0.15) is 45.3 Å². The predicted molar refractivity (Wildman–Crippen MR) is 78.9 cm³/mol. The van der Waals surface area contributed by atoms with Gasteiger partial charge in [-0.2, -0.15) is 0 Å². The van der Waals surface area contributed by atoms with Crippen LogP contribution in [0.5, 0.6) is 0 Å². The summed E-state index contributed by atoms with van der Waals surface area (Å²) in [5, 5.41) is 3.30. The minimum atomic E-state index is -0.00162. The van der Waals surface area contributed by atoms with Crippen LogP contribution in [0.3, 0.4) is 0 Å². The maximum atomic E-state index is 12.1. The highest BCUT2D eigenvalue weighted by Gasteiger charge is 2.09. The Morgan fingerprint density at radius 3 is 2.45 bits per heavy atom. The summed E-state index contributed by atoms with van der Waals surface area (Å²) in [6.45, 7) is 9.36. The number of hydrogen-bond acceptors (Lipinski definition) is 3. The summed E-state index contributed by atoms with van der Waals surface area (Å²) in [5.41, 5.74) is -0.00162. The lowest BCUT2D eigenvalue weighted by molar-refractivity contribution is 0.424. The van der Waals surface area contributed by atoms with Crippen molar-refractivity contribution in [2.45, 2.75) is 52.9 Å². The quantitative estimate of drug-likeness (QED) is 0.882. The number of imidazole rings is 1. The lowest BCUT2D eigenvalue weighted by atomic mass is 10.3. The minimum absolute atomic E-state index is 0.00162. The van der Waals surface area contributed by atoms with E-state index >= 15 is 0 Å².